The molecule has 1 saturated heterocycles. The second kappa shape index (κ2) is 7.22. The van der Waals surface area contributed by atoms with Gasteiger partial charge in [-0.15, -0.1) is 0 Å². The third kappa shape index (κ3) is 3.67. The Morgan fingerprint density at radius 3 is 2.42 bits per heavy atom. The quantitative estimate of drug-likeness (QED) is 0.883. The van der Waals surface area contributed by atoms with Crippen LogP contribution in [0.4, 0.5) is 5.69 Å². The van der Waals surface area contributed by atoms with Crippen molar-refractivity contribution in [2.24, 2.45) is 0 Å². The highest BCUT2D eigenvalue weighted by Crippen LogP contribution is 2.25. The molecule has 1 amide bonds. The lowest BCUT2D eigenvalue weighted by Crippen LogP contribution is -2.40. The molecule has 3 rings (SSSR count). The smallest absolute Gasteiger partial charge is 0.259 e. The van der Waals surface area contributed by atoms with Gasteiger partial charge in [-0.3, -0.25) is 4.79 Å². The maximum absolute atomic E-state index is 12.9. The maximum atomic E-state index is 12.9. The number of nitrogens with one attached hydrogen (secondary N) is 1. The molecule has 1 aromatic heterocycles. The van der Waals surface area contributed by atoms with E-state index < -0.39 is 10.0 Å². The molecule has 8 heteroatoms. The number of morpholine rings is 1. The van der Waals surface area contributed by atoms with E-state index in [0.29, 0.717) is 54.6 Å². The number of hydrogen-bond acceptors (Lipinski definition) is 5. The highest BCUT2D eigenvalue weighted by molar-refractivity contribution is 7.89. The minimum absolute atomic E-state index is 0.192. The second-order valence-corrected chi connectivity index (χ2v) is 8.18. The van der Waals surface area contributed by atoms with Crippen LogP contribution in [0.2, 0.25) is 0 Å². The fourth-order valence-corrected chi connectivity index (χ4v) is 4.60. The van der Waals surface area contributed by atoms with Crippen molar-refractivity contribution < 1.29 is 22.4 Å². The van der Waals surface area contributed by atoms with E-state index in [1.54, 1.807) is 39.0 Å². The molecule has 0 saturated carbocycles. The number of carbonyl (C=O) groups excluding carboxylic acids is 1. The Bertz CT molecular complexity index is 927. The normalized spacial score (nSPS) is 15.8. The van der Waals surface area contributed by atoms with Crippen molar-refractivity contribution in [2.45, 2.75) is 25.7 Å². The minimum Gasteiger partial charge on any atom is -0.466 e. The van der Waals surface area contributed by atoms with Gasteiger partial charge in [-0.2, -0.15) is 4.31 Å². The summed E-state index contributed by atoms with van der Waals surface area (Å²) in [5.74, 6) is 0.832. The number of benzene rings is 1. The molecule has 1 N–H and O–H groups in total. The van der Waals surface area contributed by atoms with Crippen molar-refractivity contribution in [3.63, 3.8) is 0 Å². The van der Waals surface area contributed by atoms with E-state index in [0.717, 1.165) is 0 Å². The average molecular weight is 378 g/mol. The number of rotatable bonds is 4. The lowest BCUT2D eigenvalue weighted by atomic mass is 10.2. The first-order valence-corrected chi connectivity index (χ1v) is 9.80. The highest BCUT2D eigenvalue weighted by atomic mass is 32.2. The Labute approximate surface area is 153 Å². The first-order chi connectivity index (χ1) is 12.3. The number of amides is 1. The molecule has 2 aromatic rings. The summed E-state index contributed by atoms with van der Waals surface area (Å²) < 4.78 is 37.8. The largest absolute Gasteiger partial charge is 0.466 e. The van der Waals surface area contributed by atoms with E-state index in [1.807, 2.05) is 0 Å². The lowest BCUT2D eigenvalue weighted by molar-refractivity contribution is 0.0730. The Morgan fingerprint density at radius 1 is 1.12 bits per heavy atom. The molecular formula is C18H22N2O5S. The molecule has 0 bridgehead atoms. The fourth-order valence-electron chi connectivity index (χ4n) is 2.94. The topological polar surface area (TPSA) is 88.9 Å². The SMILES string of the molecule is Cc1cc(C(=O)Nc2ccc(C)c(S(=O)(=O)N3CCOCC3)c2)c(C)o1. The molecule has 0 spiro atoms. The van der Waals surface area contributed by atoms with Gasteiger partial charge in [0.2, 0.25) is 10.0 Å². The third-order valence-electron chi connectivity index (χ3n) is 4.32. The van der Waals surface area contributed by atoms with Crippen molar-refractivity contribution in [3.05, 3.63) is 46.9 Å². The van der Waals surface area contributed by atoms with Crippen LogP contribution in [0.5, 0.6) is 0 Å². The number of ether oxygens (including phenoxy) is 1. The zero-order valence-corrected chi connectivity index (χ0v) is 15.9. The van der Waals surface area contributed by atoms with E-state index in [2.05, 4.69) is 5.32 Å². The van der Waals surface area contributed by atoms with Crippen LogP contribution in [0, 0.1) is 20.8 Å². The van der Waals surface area contributed by atoms with Gasteiger partial charge < -0.3 is 14.5 Å². The second-order valence-electron chi connectivity index (χ2n) is 6.28. The number of sulfonamides is 1. The van der Waals surface area contributed by atoms with Crippen LogP contribution in [-0.2, 0) is 14.8 Å². The Hall–Kier alpha value is -2.16. The summed E-state index contributed by atoms with van der Waals surface area (Å²) in [6.45, 7) is 6.63. The van der Waals surface area contributed by atoms with Gasteiger partial charge in [0.05, 0.1) is 23.7 Å². The molecule has 26 heavy (non-hydrogen) atoms. The predicted molar refractivity (Wildman–Crippen MR) is 96.9 cm³/mol. The van der Waals surface area contributed by atoms with Crippen molar-refractivity contribution in [2.75, 3.05) is 31.6 Å². The van der Waals surface area contributed by atoms with Gasteiger partial charge >= 0.3 is 0 Å². The van der Waals surface area contributed by atoms with Crippen molar-refractivity contribution in [1.29, 1.82) is 0 Å². The van der Waals surface area contributed by atoms with E-state index >= 15 is 0 Å². The van der Waals surface area contributed by atoms with E-state index in [-0.39, 0.29) is 10.8 Å². The van der Waals surface area contributed by atoms with Crippen LogP contribution in [0.15, 0.2) is 33.6 Å². The molecule has 0 radical (unpaired) electrons. The predicted octanol–water partition coefficient (Wildman–Crippen LogP) is 2.48. The highest BCUT2D eigenvalue weighted by Gasteiger charge is 2.28. The molecule has 0 aliphatic carbocycles. The molecule has 0 atom stereocenters. The zero-order chi connectivity index (χ0) is 18.9. The van der Waals surface area contributed by atoms with Crippen LogP contribution in [0.3, 0.4) is 0 Å². The van der Waals surface area contributed by atoms with Crippen molar-refractivity contribution in [1.82, 2.24) is 4.31 Å². The van der Waals surface area contributed by atoms with Crippen LogP contribution in [0.1, 0.15) is 27.4 Å². The molecule has 1 aliphatic heterocycles. The molecule has 0 unspecified atom stereocenters. The summed E-state index contributed by atoms with van der Waals surface area (Å²) >= 11 is 0. The Kier molecular flexibility index (Phi) is 5.17. The van der Waals surface area contributed by atoms with Gasteiger partial charge in [-0.1, -0.05) is 6.07 Å². The summed E-state index contributed by atoms with van der Waals surface area (Å²) in [7, 11) is -3.64. The van der Waals surface area contributed by atoms with Crippen LogP contribution in [0.25, 0.3) is 0 Å². The van der Waals surface area contributed by atoms with E-state index in [1.165, 1.54) is 10.4 Å². The number of nitrogens with zero attached hydrogens (tertiary/aromatic N) is 1. The minimum atomic E-state index is -3.64. The van der Waals surface area contributed by atoms with Gasteiger partial charge in [0.1, 0.15) is 11.5 Å². The fraction of sp³-hybridized carbons (Fsp3) is 0.389. The molecule has 1 fully saturated rings. The summed E-state index contributed by atoms with van der Waals surface area (Å²) in [5.41, 5.74) is 1.48. The van der Waals surface area contributed by atoms with Crippen LogP contribution >= 0.6 is 0 Å². The molecular weight excluding hydrogens is 356 g/mol. The Morgan fingerprint density at radius 2 is 1.81 bits per heavy atom. The molecule has 7 nitrogen and oxygen atoms in total. The number of anilines is 1. The monoisotopic (exact) mass is 378 g/mol. The van der Waals surface area contributed by atoms with Gasteiger partial charge in [-0.05, 0) is 44.5 Å². The summed E-state index contributed by atoms with van der Waals surface area (Å²) in [5, 5.41) is 2.75. The zero-order valence-electron chi connectivity index (χ0n) is 15.0. The Balaban J connectivity index is 1.88. The van der Waals surface area contributed by atoms with Gasteiger partial charge in [-0.25, -0.2) is 8.42 Å². The molecule has 1 aliphatic rings. The number of carbonyl (C=O) groups is 1. The molecule has 2 heterocycles. The number of furan rings is 1. The maximum Gasteiger partial charge on any atom is 0.259 e. The van der Waals surface area contributed by atoms with Gasteiger partial charge in [0, 0.05) is 18.8 Å². The standard InChI is InChI=1S/C18H22N2O5S/c1-12-4-5-15(19-18(21)16-10-13(2)25-14(16)3)11-17(12)26(22,23)20-6-8-24-9-7-20/h4-5,10-11H,6-9H2,1-3H3,(H,19,21). The van der Waals surface area contributed by atoms with Gasteiger partial charge in [0.15, 0.2) is 0 Å². The van der Waals surface area contributed by atoms with Crippen LogP contribution < -0.4 is 5.32 Å². The van der Waals surface area contributed by atoms with E-state index in [4.69, 9.17) is 9.15 Å². The molecule has 140 valence electrons. The van der Waals surface area contributed by atoms with Crippen LogP contribution in [-0.4, -0.2) is 44.9 Å². The lowest BCUT2D eigenvalue weighted by Gasteiger charge is -2.26. The van der Waals surface area contributed by atoms with Crippen molar-refractivity contribution >= 4 is 21.6 Å². The average Bonchev–Trinajstić information content (AvgIpc) is 2.95. The summed E-state index contributed by atoms with van der Waals surface area (Å²) in [6, 6.07) is 6.54. The first-order valence-electron chi connectivity index (χ1n) is 8.36. The van der Waals surface area contributed by atoms with Crippen molar-refractivity contribution in [3.8, 4) is 0 Å². The third-order valence-corrected chi connectivity index (χ3v) is 6.36. The summed E-state index contributed by atoms with van der Waals surface area (Å²) in [6.07, 6.45) is 0. The number of hydrogen-bond donors (Lipinski definition) is 1. The van der Waals surface area contributed by atoms with Gasteiger partial charge in [0.25, 0.3) is 5.91 Å². The summed E-state index contributed by atoms with van der Waals surface area (Å²) in [4.78, 5) is 12.6. The number of aryl methyl sites for hydroxylation is 3. The van der Waals surface area contributed by atoms with E-state index in [9.17, 15) is 13.2 Å². The molecule has 1 aromatic carbocycles. The first kappa shape index (κ1) is 18.6.